The smallest absolute Gasteiger partial charge is 0.0132 e. The Morgan fingerprint density at radius 3 is 1.51 bits per heavy atom. The van der Waals surface area contributed by atoms with Crippen molar-refractivity contribution >= 4 is 0 Å². The van der Waals surface area contributed by atoms with E-state index in [1.165, 1.54) is 33.4 Å². The van der Waals surface area contributed by atoms with Gasteiger partial charge in [0.2, 0.25) is 0 Å². The molecule has 187 valence electrons. The van der Waals surface area contributed by atoms with E-state index in [0.29, 0.717) is 11.8 Å². The average Bonchev–Trinajstić information content (AvgIpc) is 2.81. The third-order valence-electron chi connectivity index (χ3n) is 7.12. The predicted molar refractivity (Wildman–Crippen MR) is 154 cm³/mol. The van der Waals surface area contributed by atoms with E-state index >= 15 is 0 Å². The minimum absolute atomic E-state index is 0.211. The molecular weight excluding hydrogens is 420 g/mol. The second-order valence-corrected chi connectivity index (χ2v) is 12.2. The maximum absolute atomic E-state index is 2.35. The highest BCUT2D eigenvalue weighted by atomic mass is 14.2. The van der Waals surface area contributed by atoms with Crippen LogP contribution in [-0.2, 0) is 31.1 Å². The van der Waals surface area contributed by atoms with Crippen molar-refractivity contribution in [2.24, 2.45) is 5.92 Å². The molecule has 0 unspecified atom stereocenters. The summed E-state index contributed by atoms with van der Waals surface area (Å²) in [6.45, 7) is 16.0. The van der Waals surface area contributed by atoms with Crippen LogP contribution in [-0.4, -0.2) is 0 Å². The van der Waals surface area contributed by atoms with Gasteiger partial charge in [0.05, 0.1) is 0 Å². The van der Waals surface area contributed by atoms with Gasteiger partial charge >= 0.3 is 0 Å². The van der Waals surface area contributed by atoms with Gasteiger partial charge in [-0.05, 0) is 95.1 Å². The summed E-state index contributed by atoms with van der Waals surface area (Å²) in [5, 5.41) is 0. The maximum Gasteiger partial charge on any atom is -0.0132 e. The summed E-state index contributed by atoms with van der Waals surface area (Å²) in [5.41, 5.74) is 8.86. The van der Waals surface area contributed by atoms with Crippen LogP contribution in [0.4, 0.5) is 0 Å². The van der Waals surface area contributed by atoms with Crippen molar-refractivity contribution in [3.05, 3.63) is 112 Å². The summed E-state index contributed by atoms with van der Waals surface area (Å²) in [7, 11) is 0. The van der Waals surface area contributed by atoms with Gasteiger partial charge < -0.3 is 0 Å². The van der Waals surface area contributed by atoms with Gasteiger partial charge in [-0.3, -0.25) is 0 Å². The first-order chi connectivity index (χ1) is 16.6. The van der Waals surface area contributed by atoms with Gasteiger partial charge in [-0.2, -0.15) is 0 Å². The molecule has 0 spiro atoms. The van der Waals surface area contributed by atoms with Crippen LogP contribution in [0.15, 0.2) is 72.8 Å². The molecule has 0 saturated carbocycles. The second kappa shape index (κ2) is 12.6. The van der Waals surface area contributed by atoms with Gasteiger partial charge in [0.25, 0.3) is 0 Å². The Morgan fingerprint density at radius 2 is 1.06 bits per heavy atom. The van der Waals surface area contributed by atoms with E-state index in [2.05, 4.69) is 121 Å². The molecule has 0 aliphatic heterocycles. The van der Waals surface area contributed by atoms with Crippen molar-refractivity contribution in [1.82, 2.24) is 0 Å². The van der Waals surface area contributed by atoms with Crippen LogP contribution in [0.25, 0.3) is 0 Å². The molecule has 1 radical (unpaired) electrons. The Kier molecular flexibility index (Phi) is 9.79. The molecule has 3 aromatic carbocycles. The largest absolute Gasteiger partial charge is 0.0625 e. The fourth-order valence-corrected chi connectivity index (χ4v) is 4.74. The van der Waals surface area contributed by atoms with E-state index < -0.39 is 0 Å². The molecule has 0 fully saturated rings. The number of hydrogen-bond acceptors (Lipinski definition) is 0. The van der Waals surface area contributed by atoms with Gasteiger partial charge in [0.1, 0.15) is 0 Å². The third-order valence-corrected chi connectivity index (χ3v) is 7.12. The third kappa shape index (κ3) is 8.99. The first kappa shape index (κ1) is 27.3. The fourth-order valence-electron chi connectivity index (χ4n) is 4.74. The SMILES string of the molecule is CC(C)Cc1ccc(CC[C](CCc2ccc(C(C)(C)C)cc2)Cc2ccc(C(C)C)cc2)cc1. The van der Waals surface area contributed by atoms with E-state index in [1.54, 1.807) is 5.92 Å². The summed E-state index contributed by atoms with van der Waals surface area (Å²) in [6, 6.07) is 28.0. The van der Waals surface area contributed by atoms with Gasteiger partial charge in [-0.15, -0.1) is 0 Å². The van der Waals surface area contributed by atoms with Crippen LogP contribution < -0.4 is 0 Å². The lowest BCUT2D eigenvalue weighted by atomic mass is 9.85. The summed E-state index contributed by atoms with van der Waals surface area (Å²) >= 11 is 0. The van der Waals surface area contributed by atoms with Crippen LogP contribution in [0.3, 0.4) is 0 Å². The Morgan fingerprint density at radius 1 is 0.600 bits per heavy atom. The standard InChI is InChI=1S/C35H47/c1-26(2)24-30-12-8-28(9-13-30)10-14-31(25-32-16-20-33(21-17-32)27(3)4)15-11-29-18-22-34(23-19-29)35(5,6)7/h8-9,12-13,16-23,26-27H,10-11,14-15,24-25H2,1-7H3. The number of benzene rings is 3. The molecule has 0 atom stereocenters. The highest BCUT2D eigenvalue weighted by Crippen LogP contribution is 2.26. The predicted octanol–water partition coefficient (Wildman–Crippen LogP) is 9.69. The first-order valence-corrected chi connectivity index (χ1v) is 13.7. The lowest BCUT2D eigenvalue weighted by Gasteiger charge is -2.20. The Hall–Kier alpha value is -2.34. The molecule has 3 rings (SSSR count). The maximum atomic E-state index is 2.35. The fraction of sp³-hybridized carbons (Fsp3) is 0.457. The first-order valence-electron chi connectivity index (χ1n) is 13.7. The number of aryl methyl sites for hydroxylation is 2. The molecule has 0 aliphatic carbocycles. The topological polar surface area (TPSA) is 0 Å². The molecule has 35 heavy (non-hydrogen) atoms. The molecule has 0 N–H and O–H groups in total. The molecule has 0 nitrogen and oxygen atoms in total. The summed E-state index contributed by atoms with van der Waals surface area (Å²) in [4.78, 5) is 0. The summed E-state index contributed by atoms with van der Waals surface area (Å²) < 4.78 is 0. The highest BCUT2D eigenvalue weighted by Gasteiger charge is 2.15. The molecule has 0 aromatic heterocycles. The van der Waals surface area contributed by atoms with Crippen molar-refractivity contribution in [3.8, 4) is 0 Å². The van der Waals surface area contributed by atoms with Gasteiger partial charge in [0, 0.05) is 0 Å². The van der Waals surface area contributed by atoms with Crippen LogP contribution in [0.2, 0.25) is 0 Å². The molecule has 0 aliphatic rings. The van der Waals surface area contributed by atoms with Crippen molar-refractivity contribution in [1.29, 1.82) is 0 Å². The quantitative estimate of drug-likeness (QED) is 0.263. The molecule has 0 amide bonds. The van der Waals surface area contributed by atoms with Crippen molar-refractivity contribution < 1.29 is 0 Å². The van der Waals surface area contributed by atoms with Crippen molar-refractivity contribution in [2.75, 3.05) is 0 Å². The molecule has 0 heteroatoms. The molecular formula is C35H47. The lowest BCUT2D eigenvalue weighted by molar-refractivity contribution is 0.589. The minimum atomic E-state index is 0.211. The molecule has 0 saturated heterocycles. The van der Waals surface area contributed by atoms with Gasteiger partial charge in [-0.1, -0.05) is 121 Å². The zero-order valence-corrected chi connectivity index (χ0v) is 23.3. The van der Waals surface area contributed by atoms with E-state index in [9.17, 15) is 0 Å². The Labute approximate surface area is 216 Å². The Balaban J connectivity index is 1.66. The summed E-state index contributed by atoms with van der Waals surface area (Å²) in [5.74, 6) is 2.95. The van der Waals surface area contributed by atoms with Crippen LogP contribution in [0, 0.1) is 11.8 Å². The highest BCUT2D eigenvalue weighted by molar-refractivity contribution is 5.30. The van der Waals surface area contributed by atoms with E-state index in [1.807, 2.05) is 0 Å². The van der Waals surface area contributed by atoms with Crippen molar-refractivity contribution in [2.45, 2.75) is 98.3 Å². The zero-order valence-electron chi connectivity index (χ0n) is 23.3. The van der Waals surface area contributed by atoms with E-state index in [-0.39, 0.29) is 5.41 Å². The number of hydrogen-bond donors (Lipinski definition) is 0. The summed E-state index contributed by atoms with van der Waals surface area (Å²) in [6.07, 6.45) is 6.82. The zero-order chi connectivity index (χ0) is 25.4. The van der Waals surface area contributed by atoms with Crippen molar-refractivity contribution in [3.63, 3.8) is 0 Å². The van der Waals surface area contributed by atoms with Crippen LogP contribution in [0.5, 0.6) is 0 Å². The molecule has 0 heterocycles. The van der Waals surface area contributed by atoms with E-state index in [4.69, 9.17) is 0 Å². The van der Waals surface area contributed by atoms with Crippen LogP contribution in [0.1, 0.15) is 101 Å². The van der Waals surface area contributed by atoms with Gasteiger partial charge in [-0.25, -0.2) is 0 Å². The monoisotopic (exact) mass is 467 g/mol. The second-order valence-electron chi connectivity index (χ2n) is 12.2. The normalized spacial score (nSPS) is 12.2. The van der Waals surface area contributed by atoms with Gasteiger partial charge in [0.15, 0.2) is 0 Å². The average molecular weight is 468 g/mol. The Bertz CT molecular complexity index is 996. The molecule has 3 aromatic rings. The number of rotatable bonds is 11. The van der Waals surface area contributed by atoms with Crippen LogP contribution >= 0.6 is 0 Å². The minimum Gasteiger partial charge on any atom is -0.0625 e. The van der Waals surface area contributed by atoms with E-state index in [0.717, 1.165) is 38.5 Å². The molecule has 0 bridgehead atoms. The lowest BCUT2D eigenvalue weighted by Crippen LogP contribution is -2.11.